The number of hydrogen-bond donors (Lipinski definition) is 1. The number of sulfonamides is 1. The van der Waals surface area contributed by atoms with Gasteiger partial charge in [-0.2, -0.15) is 9.40 Å². The summed E-state index contributed by atoms with van der Waals surface area (Å²) in [6.07, 6.45) is 9.50. The largest absolute Gasteiger partial charge is 0.339 e. The number of aromatic nitrogens is 2. The quantitative estimate of drug-likeness (QED) is 0.783. The predicted octanol–water partition coefficient (Wildman–Crippen LogP) is 3.73. The van der Waals surface area contributed by atoms with Crippen LogP contribution in [-0.4, -0.2) is 53.4 Å². The first-order chi connectivity index (χ1) is 14.5. The Labute approximate surface area is 178 Å². The van der Waals surface area contributed by atoms with Crippen molar-refractivity contribution in [1.82, 2.24) is 19.4 Å². The highest BCUT2D eigenvalue weighted by molar-refractivity contribution is 7.89. The molecule has 1 amide bonds. The number of nitrogens with zero attached hydrogens (tertiary/aromatic N) is 3. The summed E-state index contributed by atoms with van der Waals surface area (Å²) in [6.45, 7) is 0.438. The van der Waals surface area contributed by atoms with Gasteiger partial charge in [-0.15, -0.1) is 0 Å². The van der Waals surface area contributed by atoms with Crippen LogP contribution in [0.3, 0.4) is 0 Å². The second-order valence-corrected chi connectivity index (χ2v) is 10.2. The number of aromatic amines is 1. The van der Waals surface area contributed by atoms with Gasteiger partial charge in [0.2, 0.25) is 10.0 Å². The molecule has 0 radical (unpaired) electrons. The normalized spacial score (nSPS) is 21.4. The van der Waals surface area contributed by atoms with E-state index in [2.05, 4.69) is 10.2 Å². The highest BCUT2D eigenvalue weighted by Crippen LogP contribution is 2.36. The molecule has 4 rings (SSSR count). The number of piperidine rings is 1. The summed E-state index contributed by atoms with van der Waals surface area (Å²) in [5, 5.41) is 7.11. The van der Waals surface area contributed by atoms with Gasteiger partial charge in [0.05, 0.1) is 28.4 Å². The molecular formula is C22H30N4O3S. The Balaban J connectivity index is 1.63. The van der Waals surface area contributed by atoms with Gasteiger partial charge in [0, 0.05) is 19.6 Å². The summed E-state index contributed by atoms with van der Waals surface area (Å²) in [6, 6.07) is 8.34. The van der Waals surface area contributed by atoms with Crippen molar-refractivity contribution < 1.29 is 13.2 Å². The smallest absolute Gasteiger partial charge is 0.257 e. The van der Waals surface area contributed by atoms with Crippen LogP contribution in [0.2, 0.25) is 0 Å². The van der Waals surface area contributed by atoms with E-state index in [0.29, 0.717) is 24.2 Å². The van der Waals surface area contributed by atoms with Gasteiger partial charge in [0.1, 0.15) is 0 Å². The third-order valence-electron chi connectivity index (χ3n) is 6.48. The van der Waals surface area contributed by atoms with E-state index in [1.165, 1.54) is 10.7 Å². The molecule has 8 heteroatoms. The van der Waals surface area contributed by atoms with E-state index in [1.807, 2.05) is 11.9 Å². The second-order valence-electron chi connectivity index (χ2n) is 8.35. The number of nitrogens with one attached hydrogen (secondary N) is 1. The van der Waals surface area contributed by atoms with Crippen molar-refractivity contribution in [1.29, 1.82) is 0 Å². The van der Waals surface area contributed by atoms with E-state index in [-0.39, 0.29) is 16.8 Å². The summed E-state index contributed by atoms with van der Waals surface area (Å²) in [7, 11) is -1.80. The lowest BCUT2D eigenvalue weighted by Crippen LogP contribution is -2.41. The Morgan fingerprint density at radius 2 is 1.77 bits per heavy atom. The molecule has 1 saturated heterocycles. The summed E-state index contributed by atoms with van der Waals surface area (Å²) in [4.78, 5) is 15.4. The maximum Gasteiger partial charge on any atom is 0.257 e. The number of rotatable bonds is 5. The van der Waals surface area contributed by atoms with Crippen LogP contribution in [0, 0.1) is 0 Å². The SMILES string of the molecule is CN(C(=O)c1cn[nH]c1C1CCCCN1S(=O)(=O)c1ccccc1)C1CCCCC1. The molecule has 1 aromatic heterocycles. The number of hydrogen-bond acceptors (Lipinski definition) is 4. The van der Waals surface area contributed by atoms with Crippen molar-refractivity contribution in [2.24, 2.45) is 0 Å². The topological polar surface area (TPSA) is 86.4 Å². The van der Waals surface area contributed by atoms with Crippen LogP contribution in [0.4, 0.5) is 0 Å². The molecule has 30 heavy (non-hydrogen) atoms. The minimum absolute atomic E-state index is 0.0757. The Morgan fingerprint density at radius 1 is 1.07 bits per heavy atom. The van der Waals surface area contributed by atoms with Gasteiger partial charge in [0.25, 0.3) is 5.91 Å². The molecule has 1 atom stereocenters. The lowest BCUT2D eigenvalue weighted by Gasteiger charge is -2.35. The van der Waals surface area contributed by atoms with Gasteiger partial charge < -0.3 is 4.90 Å². The van der Waals surface area contributed by atoms with Crippen molar-refractivity contribution in [2.75, 3.05) is 13.6 Å². The summed E-state index contributed by atoms with van der Waals surface area (Å²) in [5.41, 5.74) is 1.10. The molecule has 162 valence electrons. The van der Waals surface area contributed by atoms with Crippen LogP contribution >= 0.6 is 0 Å². The summed E-state index contributed by atoms with van der Waals surface area (Å²) < 4.78 is 28.2. The number of H-pyrrole nitrogens is 1. The predicted molar refractivity (Wildman–Crippen MR) is 114 cm³/mol. The van der Waals surface area contributed by atoms with Gasteiger partial charge in [-0.1, -0.05) is 43.9 Å². The van der Waals surface area contributed by atoms with Gasteiger partial charge in [0.15, 0.2) is 0 Å². The van der Waals surface area contributed by atoms with Gasteiger partial charge in [-0.05, 0) is 37.8 Å². The minimum Gasteiger partial charge on any atom is -0.339 e. The zero-order chi connectivity index (χ0) is 21.1. The molecule has 1 aromatic carbocycles. The molecule has 2 aliphatic rings. The van der Waals surface area contributed by atoms with Gasteiger partial charge >= 0.3 is 0 Å². The van der Waals surface area contributed by atoms with E-state index >= 15 is 0 Å². The average Bonchev–Trinajstić information content (AvgIpc) is 3.29. The van der Waals surface area contributed by atoms with Crippen LogP contribution in [0.25, 0.3) is 0 Å². The van der Waals surface area contributed by atoms with Gasteiger partial charge in [-0.25, -0.2) is 8.42 Å². The van der Waals surface area contributed by atoms with Crippen molar-refractivity contribution >= 4 is 15.9 Å². The Bertz CT molecular complexity index is 967. The van der Waals surface area contributed by atoms with Crippen molar-refractivity contribution in [3.63, 3.8) is 0 Å². The first-order valence-corrected chi connectivity index (χ1v) is 12.3. The van der Waals surface area contributed by atoms with Gasteiger partial charge in [-0.3, -0.25) is 9.89 Å². The van der Waals surface area contributed by atoms with Crippen LogP contribution < -0.4 is 0 Å². The van der Waals surface area contributed by atoms with Crippen molar-refractivity contribution in [3.05, 3.63) is 47.8 Å². The second kappa shape index (κ2) is 8.89. The van der Waals surface area contributed by atoms with Crippen LogP contribution in [-0.2, 0) is 10.0 Å². The van der Waals surface area contributed by atoms with Crippen LogP contribution in [0.15, 0.2) is 41.4 Å². The number of benzene rings is 1. The zero-order valence-corrected chi connectivity index (χ0v) is 18.3. The Kier molecular flexibility index (Phi) is 6.24. The molecule has 0 bridgehead atoms. The minimum atomic E-state index is -3.66. The van der Waals surface area contributed by atoms with Crippen LogP contribution in [0.1, 0.15) is 73.5 Å². The maximum atomic E-state index is 13.4. The lowest BCUT2D eigenvalue weighted by atomic mass is 9.93. The molecule has 1 aliphatic carbocycles. The van der Waals surface area contributed by atoms with Crippen LogP contribution in [0.5, 0.6) is 0 Å². The van der Waals surface area contributed by atoms with E-state index < -0.39 is 16.1 Å². The summed E-state index contributed by atoms with van der Waals surface area (Å²) in [5.74, 6) is -0.0757. The third-order valence-corrected chi connectivity index (χ3v) is 8.40. The highest BCUT2D eigenvalue weighted by Gasteiger charge is 2.38. The molecule has 1 N–H and O–H groups in total. The maximum absolute atomic E-state index is 13.4. The zero-order valence-electron chi connectivity index (χ0n) is 17.5. The van der Waals surface area contributed by atoms with E-state index in [1.54, 1.807) is 36.5 Å². The Hall–Kier alpha value is -2.19. The summed E-state index contributed by atoms with van der Waals surface area (Å²) >= 11 is 0. The highest BCUT2D eigenvalue weighted by atomic mass is 32.2. The van der Waals surface area contributed by atoms with E-state index in [0.717, 1.165) is 38.5 Å². The third kappa shape index (κ3) is 4.03. The van der Waals surface area contributed by atoms with E-state index in [4.69, 9.17) is 0 Å². The standard InChI is InChI=1S/C22H30N4O3S/c1-25(17-10-4-2-5-11-17)22(27)19-16-23-24-21(19)20-14-8-9-15-26(20)30(28,29)18-12-6-3-7-13-18/h3,6-7,12-13,16-17,20H,2,4-5,8-11,14-15H2,1H3,(H,23,24). The number of amides is 1. The molecule has 2 heterocycles. The first-order valence-electron chi connectivity index (χ1n) is 10.9. The fraction of sp³-hybridized carbons (Fsp3) is 0.545. The average molecular weight is 431 g/mol. The molecular weight excluding hydrogens is 400 g/mol. The fourth-order valence-corrected chi connectivity index (χ4v) is 6.44. The van der Waals surface area contributed by atoms with E-state index in [9.17, 15) is 13.2 Å². The van der Waals surface area contributed by atoms with Crippen molar-refractivity contribution in [3.8, 4) is 0 Å². The number of carbonyl (C=O) groups is 1. The molecule has 2 aromatic rings. The monoisotopic (exact) mass is 430 g/mol. The first kappa shape index (κ1) is 21.1. The fourth-order valence-electron chi connectivity index (χ4n) is 4.75. The molecule has 1 aliphatic heterocycles. The molecule has 2 fully saturated rings. The van der Waals surface area contributed by atoms with Crippen molar-refractivity contribution in [2.45, 2.75) is 68.3 Å². The molecule has 0 spiro atoms. The number of carbonyl (C=O) groups excluding carboxylic acids is 1. The molecule has 1 unspecified atom stereocenters. The molecule has 7 nitrogen and oxygen atoms in total. The lowest BCUT2D eigenvalue weighted by molar-refractivity contribution is 0.0692. The molecule has 1 saturated carbocycles. The Morgan fingerprint density at radius 3 is 2.50 bits per heavy atom.